The molecule has 138 valence electrons. The maximum atomic E-state index is 12.6. The van der Waals surface area contributed by atoms with Crippen LogP contribution in [-0.4, -0.2) is 52.8 Å². The smallest absolute Gasteiger partial charge is 0.318 e. The van der Waals surface area contributed by atoms with E-state index >= 15 is 0 Å². The average molecular weight is 348 g/mol. The zero-order valence-corrected chi connectivity index (χ0v) is 15.4. The highest BCUT2D eigenvalue weighted by molar-refractivity contribution is 5.87. The number of nitrogens with zero attached hydrogens (tertiary/aromatic N) is 1. The number of hydrogen-bond donors (Lipinski definition) is 2. The number of carbonyl (C=O) groups is 3. The normalized spacial score (nSPS) is 13.2. The van der Waals surface area contributed by atoms with Crippen LogP contribution in [0, 0.1) is 5.92 Å². The molecular formula is C19H28N2O4. The fourth-order valence-electron chi connectivity index (χ4n) is 2.40. The lowest BCUT2D eigenvalue weighted by molar-refractivity contribution is -0.125. The molecule has 0 bridgehead atoms. The SMILES string of the molecule is CC(=O)C(O)CN(CC(C)C)C(=O)NC(Cc1ccccc1)C(C)=O. The Hall–Kier alpha value is -2.21. The van der Waals surface area contributed by atoms with Crippen LogP contribution < -0.4 is 5.32 Å². The first kappa shape index (κ1) is 20.8. The summed E-state index contributed by atoms with van der Waals surface area (Å²) in [5.41, 5.74) is 0.946. The molecule has 2 atom stereocenters. The molecule has 1 rings (SSSR count). The summed E-state index contributed by atoms with van der Waals surface area (Å²) in [7, 11) is 0. The minimum Gasteiger partial charge on any atom is -0.383 e. The van der Waals surface area contributed by atoms with Crippen molar-refractivity contribution in [1.82, 2.24) is 10.2 Å². The standard InChI is InChI=1S/C19H28N2O4/c1-13(2)11-21(12-18(24)15(4)23)19(25)20-17(14(3)22)10-16-8-6-5-7-9-16/h5-9,13,17-18,24H,10-12H2,1-4H3,(H,20,25). The summed E-state index contributed by atoms with van der Waals surface area (Å²) in [5, 5.41) is 12.5. The van der Waals surface area contributed by atoms with Crippen molar-refractivity contribution in [2.75, 3.05) is 13.1 Å². The van der Waals surface area contributed by atoms with Gasteiger partial charge in [-0.1, -0.05) is 44.2 Å². The Bertz CT molecular complexity index is 586. The Morgan fingerprint density at radius 1 is 1.04 bits per heavy atom. The predicted molar refractivity (Wildman–Crippen MR) is 96.2 cm³/mol. The molecule has 1 aromatic carbocycles. The zero-order chi connectivity index (χ0) is 19.0. The molecule has 0 aliphatic heterocycles. The number of Topliss-reactive ketones (excluding diaryl/α,β-unsaturated/α-hetero) is 2. The number of amides is 2. The number of carbonyl (C=O) groups excluding carboxylic acids is 3. The number of nitrogens with one attached hydrogen (secondary N) is 1. The lowest BCUT2D eigenvalue weighted by Gasteiger charge is -2.28. The maximum absolute atomic E-state index is 12.6. The first-order chi connectivity index (χ1) is 11.7. The molecule has 2 N–H and O–H groups in total. The van der Waals surface area contributed by atoms with Gasteiger partial charge in [-0.2, -0.15) is 0 Å². The van der Waals surface area contributed by atoms with Crippen LogP contribution in [0.4, 0.5) is 4.79 Å². The fourth-order valence-corrected chi connectivity index (χ4v) is 2.40. The van der Waals surface area contributed by atoms with E-state index in [2.05, 4.69) is 5.32 Å². The third-order valence-electron chi connectivity index (χ3n) is 3.81. The number of urea groups is 1. The fraction of sp³-hybridized carbons (Fsp3) is 0.526. The highest BCUT2D eigenvalue weighted by Crippen LogP contribution is 2.07. The molecule has 0 heterocycles. The van der Waals surface area contributed by atoms with Crippen molar-refractivity contribution in [2.45, 2.75) is 46.3 Å². The molecule has 6 nitrogen and oxygen atoms in total. The lowest BCUT2D eigenvalue weighted by atomic mass is 10.0. The van der Waals surface area contributed by atoms with Crippen molar-refractivity contribution in [3.8, 4) is 0 Å². The monoisotopic (exact) mass is 348 g/mol. The molecule has 0 saturated heterocycles. The summed E-state index contributed by atoms with van der Waals surface area (Å²) in [5.74, 6) is -0.377. The van der Waals surface area contributed by atoms with Crippen molar-refractivity contribution in [3.63, 3.8) is 0 Å². The Morgan fingerprint density at radius 2 is 1.64 bits per heavy atom. The van der Waals surface area contributed by atoms with Gasteiger partial charge >= 0.3 is 6.03 Å². The topological polar surface area (TPSA) is 86.7 Å². The quantitative estimate of drug-likeness (QED) is 0.712. The molecule has 0 spiro atoms. The van der Waals surface area contributed by atoms with Gasteiger partial charge in [0.05, 0.1) is 12.6 Å². The van der Waals surface area contributed by atoms with E-state index in [1.807, 2.05) is 44.2 Å². The Labute approximate surface area is 149 Å². The number of benzene rings is 1. The molecule has 2 unspecified atom stereocenters. The van der Waals surface area contributed by atoms with Crippen molar-refractivity contribution >= 4 is 17.6 Å². The average Bonchev–Trinajstić information content (AvgIpc) is 2.53. The summed E-state index contributed by atoms with van der Waals surface area (Å²) in [4.78, 5) is 37.2. The van der Waals surface area contributed by atoms with Gasteiger partial charge in [0.15, 0.2) is 11.6 Å². The molecule has 1 aromatic rings. The van der Waals surface area contributed by atoms with E-state index < -0.39 is 24.0 Å². The maximum Gasteiger partial charge on any atom is 0.318 e. The van der Waals surface area contributed by atoms with Gasteiger partial charge in [0.25, 0.3) is 0 Å². The number of aliphatic hydroxyl groups excluding tert-OH is 1. The summed E-state index contributed by atoms with van der Waals surface area (Å²) >= 11 is 0. The van der Waals surface area contributed by atoms with Crippen molar-refractivity contribution in [2.24, 2.45) is 5.92 Å². The van der Waals surface area contributed by atoms with Crippen molar-refractivity contribution < 1.29 is 19.5 Å². The van der Waals surface area contributed by atoms with E-state index in [0.29, 0.717) is 13.0 Å². The van der Waals surface area contributed by atoms with Gasteiger partial charge in [-0.3, -0.25) is 9.59 Å². The Kier molecular flexibility index (Phi) is 8.28. The third kappa shape index (κ3) is 7.47. The molecule has 6 heteroatoms. The van der Waals surface area contributed by atoms with Crippen LogP contribution in [0.25, 0.3) is 0 Å². The molecule has 0 radical (unpaired) electrons. The molecule has 0 aromatic heterocycles. The first-order valence-electron chi connectivity index (χ1n) is 8.49. The molecule has 0 aliphatic carbocycles. The van der Waals surface area contributed by atoms with E-state index in [0.717, 1.165) is 5.56 Å². The van der Waals surface area contributed by atoms with Gasteiger partial charge in [0, 0.05) is 6.54 Å². The zero-order valence-electron chi connectivity index (χ0n) is 15.4. The molecule has 2 amide bonds. The molecule has 0 aliphatic rings. The van der Waals surface area contributed by atoms with Crippen molar-refractivity contribution in [3.05, 3.63) is 35.9 Å². The van der Waals surface area contributed by atoms with Gasteiger partial charge in [-0.25, -0.2) is 4.79 Å². The van der Waals surface area contributed by atoms with Gasteiger partial charge in [0.2, 0.25) is 0 Å². The number of ketones is 2. The second-order valence-corrected chi connectivity index (χ2v) is 6.73. The number of aliphatic hydroxyl groups is 1. The van der Waals surface area contributed by atoms with E-state index in [4.69, 9.17) is 0 Å². The lowest BCUT2D eigenvalue weighted by Crippen LogP contribution is -2.51. The van der Waals surface area contributed by atoms with E-state index in [9.17, 15) is 19.5 Å². The van der Waals surface area contributed by atoms with Crippen LogP contribution in [0.15, 0.2) is 30.3 Å². The van der Waals surface area contributed by atoms with E-state index in [1.54, 1.807) is 0 Å². The summed E-state index contributed by atoms with van der Waals surface area (Å²) in [6.07, 6.45) is -0.832. The Morgan fingerprint density at radius 3 is 2.12 bits per heavy atom. The predicted octanol–water partition coefficient (Wildman–Crippen LogP) is 1.80. The van der Waals surface area contributed by atoms with Gasteiger partial charge in [-0.15, -0.1) is 0 Å². The Balaban J connectivity index is 2.82. The number of rotatable bonds is 9. The van der Waals surface area contributed by atoms with Gasteiger partial charge < -0.3 is 15.3 Å². The number of hydrogen-bond acceptors (Lipinski definition) is 4. The summed E-state index contributed by atoms with van der Waals surface area (Å²) < 4.78 is 0. The first-order valence-corrected chi connectivity index (χ1v) is 8.49. The van der Waals surface area contributed by atoms with E-state index in [1.165, 1.54) is 18.7 Å². The highest BCUT2D eigenvalue weighted by atomic mass is 16.3. The van der Waals surface area contributed by atoms with Crippen LogP contribution in [-0.2, 0) is 16.0 Å². The van der Waals surface area contributed by atoms with Crippen LogP contribution >= 0.6 is 0 Å². The van der Waals surface area contributed by atoms with E-state index in [-0.39, 0.29) is 18.2 Å². The minimum atomic E-state index is -1.23. The molecule has 0 fully saturated rings. The van der Waals surface area contributed by atoms with Crippen LogP contribution in [0.3, 0.4) is 0 Å². The van der Waals surface area contributed by atoms with Gasteiger partial charge in [-0.05, 0) is 31.7 Å². The molecular weight excluding hydrogens is 320 g/mol. The minimum absolute atomic E-state index is 0.0880. The third-order valence-corrected chi connectivity index (χ3v) is 3.81. The molecule has 25 heavy (non-hydrogen) atoms. The van der Waals surface area contributed by atoms with Crippen LogP contribution in [0.5, 0.6) is 0 Å². The summed E-state index contributed by atoms with van der Waals surface area (Å²) in [6.45, 7) is 6.89. The summed E-state index contributed by atoms with van der Waals surface area (Å²) in [6, 6.07) is 8.33. The second-order valence-electron chi connectivity index (χ2n) is 6.73. The van der Waals surface area contributed by atoms with Crippen molar-refractivity contribution in [1.29, 1.82) is 0 Å². The second kappa shape index (κ2) is 9.93. The van der Waals surface area contributed by atoms with Crippen LogP contribution in [0.2, 0.25) is 0 Å². The van der Waals surface area contributed by atoms with Crippen LogP contribution in [0.1, 0.15) is 33.3 Å². The largest absolute Gasteiger partial charge is 0.383 e. The van der Waals surface area contributed by atoms with Gasteiger partial charge in [0.1, 0.15) is 6.10 Å². The molecule has 0 saturated carbocycles. The highest BCUT2D eigenvalue weighted by Gasteiger charge is 2.24.